The molecule has 1 fully saturated rings. The molecule has 0 aliphatic carbocycles. The molecule has 1 aromatic carbocycles. The predicted molar refractivity (Wildman–Crippen MR) is 183 cm³/mol. The fourth-order valence-corrected chi connectivity index (χ4v) is 5.54. The normalized spacial score (nSPS) is 20.0. The number of nitrogens with zero attached hydrogens (tertiary/aromatic N) is 2. The Morgan fingerprint density at radius 1 is 0.732 bits per heavy atom. The average Bonchev–Trinajstić information content (AvgIpc) is 2.95. The zero-order valence-corrected chi connectivity index (χ0v) is 25.0. The van der Waals surface area contributed by atoms with Crippen LogP contribution in [0.1, 0.15) is 33.3 Å². The Bertz CT molecular complexity index is 1520. The van der Waals surface area contributed by atoms with E-state index in [9.17, 15) is 0 Å². The molecule has 0 saturated carbocycles. The van der Waals surface area contributed by atoms with Crippen LogP contribution in [0.2, 0.25) is 0 Å². The van der Waals surface area contributed by atoms with E-state index in [1.54, 1.807) is 0 Å². The topological polar surface area (TPSA) is 6.48 Å². The monoisotopic (exact) mass is 538 g/mol. The molecule has 0 atom stereocenters. The molecule has 0 unspecified atom stereocenters. The van der Waals surface area contributed by atoms with Crippen molar-refractivity contribution in [2.45, 2.75) is 27.7 Å². The van der Waals surface area contributed by atoms with E-state index in [1.807, 2.05) is 74.6 Å². The van der Waals surface area contributed by atoms with Gasteiger partial charge in [-0.05, 0) is 72.6 Å². The second-order valence-electron chi connectivity index (χ2n) is 10.0. The van der Waals surface area contributed by atoms with Crippen LogP contribution in [-0.2, 0) is 0 Å². The highest BCUT2D eigenvalue weighted by molar-refractivity contribution is 5.92. The summed E-state index contributed by atoms with van der Waals surface area (Å²) in [6, 6.07) is 6.57. The molecular weight excluding hydrogens is 496 g/mol. The molecule has 2 heteroatoms. The van der Waals surface area contributed by atoms with E-state index in [4.69, 9.17) is 0 Å². The minimum absolute atomic E-state index is 0.375. The van der Waals surface area contributed by atoms with Gasteiger partial charge in [0, 0.05) is 11.1 Å². The van der Waals surface area contributed by atoms with Gasteiger partial charge in [0.15, 0.2) is 0 Å². The standard InChI is InChI=1S/C39H42N2/c1-11-19-29(20-12-2)30-26-27-36-37(28-30)41-35(25-17-7)32(23-15-5)39(9,10)33(24-16-6)38(41)34(18-8)40(36)31(21-13-3)22-14-4/h11-28H,1,3,5-8H2,2,4,9-10H3/b20-12-,22-14-,29-19+,31-21+,32-23+,33-24+,35-25+. The molecule has 0 radical (unpaired) electrons. The lowest BCUT2D eigenvalue weighted by Crippen LogP contribution is -2.44. The van der Waals surface area contributed by atoms with Crippen molar-refractivity contribution < 1.29 is 0 Å². The third-order valence-electron chi connectivity index (χ3n) is 7.18. The van der Waals surface area contributed by atoms with Gasteiger partial charge in [-0.1, -0.05) is 126 Å². The van der Waals surface area contributed by atoms with Gasteiger partial charge in [0.2, 0.25) is 0 Å². The highest BCUT2D eigenvalue weighted by Crippen LogP contribution is 2.57. The Balaban J connectivity index is 2.66. The highest BCUT2D eigenvalue weighted by Gasteiger charge is 2.46. The zero-order valence-electron chi connectivity index (χ0n) is 25.0. The number of fused-ring (bicyclic) bond motifs is 3. The Labute approximate surface area is 247 Å². The lowest BCUT2D eigenvalue weighted by Gasteiger charge is -2.51. The van der Waals surface area contributed by atoms with Crippen molar-refractivity contribution in [3.63, 3.8) is 0 Å². The van der Waals surface area contributed by atoms with Crippen molar-refractivity contribution in [2.75, 3.05) is 9.80 Å². The first kappa shape index (κ1) is 30.7. The maximum atomic E-state index is 4.31. The van der Waals surface area contributed by atoms with Crippen LogP contribution in [0.15, 0.2) is 183 Å². The Morgan fingerprint density at radius 3 is 1.93 bits per heavy atom. The van der Waals surface area contributed by atoms with Gasteiger partial charge in [-0.3, -0.25) is 0 Å². The van der Waals surface area contributed by atoms with Crippen LogP contribution < -0.4 is 9.80 Å². The van der Waals surface area contributed by atoms with E-state index >= 15 is 0 Å². The summed E-state index contributed by atoms with van der Waals surface area (Å²) < 4.78 is 0. The molecule has 1 aromatic rings. The number of hydrogen-bond acceptors (Lipinski definition) is 2. The first-order valence-corrected chi connectivity index (χ1v) is 13.8. The van der Waals surface area contributed by atoms with Gasteiger partial charge >= 0.3 is 0 Å². The number of hydrogen-bond donors (Lipinski definition) is 0. The lowest BCUT2D eigenvalue weighted by molar-refractivity contribution is 0.525. The van der Waals surface area contributed by atoms with Crippen molar-refractivity contribution in [1.29, 1.82) is 0 Å². The van der Waals surface area contributed by atoms with E-state index in [2.05, 4.69) is 112 Å². The van der Waals surface area contributed by atoms with Gasteiger partial charge in [0.1, 0.15) is 0 Å². The molecular formula is C39H42N2. The maximum Gasteiger partial charge on any atom is 0.0744 e. The van der Waals surface area contributed by atoms with Crippen LogP contribution in [0.5, 0.6) is 0 Å². The second kappa shape index (κ2) is 13.5. The zero-order chi connectivity index (χ0) is 30.2. The van der Waals surface area contributed by atoms with Crippen LogP contribution in [0.25, 0.3) is 5.57 Å². The smallest absolute Gasteiger partial charge is 0.0744 e. The Kier molecular flexibility index (Phi) is 10.1. The van der Waals surface area contributed by atoms with Crippen LogP contribution >= 0.6 is 0 Å². The molecule has 0 aromatic heterocycles. The number of piperidine rings is 1. The molecule has 0 spiro atoms. The fourth-order valence-electron chi connectivity index (χ4n) is 5.54. The van der Waals surface area contributed by atoms with Gasteiger partial charge < -0.3 is 9.80 Å². The van der Waals surface area contributed by atoms with Crippen molar-refractivity contribution in [1.82, 2.24) is 0 Å². The van der Waals surface area contributed by atoms with Crippen molar-refractivity contribution in [3.05, 3.63) is 188 Å². The Hall–Kier alpha value is -4.82. The Morgan fingerprint density at radius 2 is 1.37 bits per heavy atom. The first-order valence-electron chi connectivity index (χ1n) is 13.8. The van der Waals surface area contributed by atoms with E-state index in [1.165, 1.54) is 0 Å². The van der Waals surface area contributed by atoms with E-state index in [-0.39, 0.29) is 5.41 Å². The molecule has 0 bridgehead atoms. The minimum Gasteiger partial charge on any atom is -0.306 e. The number of anilines is 2. The summed E-state index contributed by atoms with van der Waals surface area (Å²) in [7, 11) is 0. The largest absolute Gasteiger partial charge is 0.306 e. The van der Waals surface area contributed by atoms with E-state index < -0.39 is 0 Å². The van der Waals surface area contributed by atoms with Gasteiger partial charge in [-0.15, -0.1) is 0 Å². The number of rotatable bonds is 10. The summed E-state index contributed by atoms with van der Waals surface area (Å²) in [5.74, 6) is 0. The summed E-state index contributed by atoms with van der Waals surface area (Å²) in [6.07, 6.45) is 29.7. The minimum atomic E-state index is -0.375. The molecule has 1 saturated heterocycles. The molecule has 3 rings (SSSR count). The average molecular weight is 539 g/mol. The van der Waals surface area contributed by atoms with Crippen LogP contribution in [-0.4, -0.2) is 0 Å². The van der Waals surface area contributed by atoms with Gasteiger partial charge in [0.25, 0.3) is 0 Å². The molecule has 208 valence electrons. The summed E-state index contributed by atoms with van der Waals surface area (Å²) in [5.41, 5.74) is 10.1. The van der Waals surface area contributed by atoms with Crippen molar-refractivity contribution >= 4 is 16.9 Å². The van der Waals surface area contributed by atoms with E-state index in [0.717, 1.165) is 56.4 Å². The highest BCUT2D eigenvalue weighted by atomic mass is 15.3. The van der Waals surface area contributed by atoms with Crippen LogP contribution in [0.3, 0.4) is 0 Å². The number of benzene rings is 1. The van der Waals surface area contributed by atoms with Crippen molar-refractivity contribution in [3.8, 4) is 0 Å². The molecule has 2 aliphatic rings. The first-order chi connectivity index (χ1) is 19.8. The van der Waals surface area contributed by atoms with Crippen LogP contribution in [0, 0.1) is 5.41 Å². The number of allylic oxidation sites excluding steroid dienone is 18. The molecule has 2 heterocycles. The predicted octanol–water partition coefficient (Wildman–Crippen LogP) is 10.8. The van der Waals surface area contributed by atoms with Crippen LogP contribution in [0.4, 0.5) is 11.4 Å². The van der Waals surface area contributed by atoms with Gasteiger partial charge in [0.05, 0.1) is 28.5 Å². The molecule has 0 amide bonds. The van der Waals surface area contributed by atoms with Gasteiger partial charge in [-0.25, -0.2) is 0 Å². The lowest BCUT2D eigenvalue weighted by atomic mass is 9.69. The summed E-state index contributed by atoms with van der Waals surface area (Å²) in [4.78, 5) is 4.58. The summed E-state index contributed by atoms with van der Waals surface area (Å²) in [5, 5.41) is 0. The fraction of sp³-hybridized carbons (Fsp3) is 0.128. The molecule has 0 N–H and O–H groups in total. The quantitative estimate of drug-likeness (QED) is 0.273. The third kappa shape index (κ3) is 5.60. The molecule has 2 nitrogen and oxygen atoms in total. The third-order valence-corrected chi connectivity index (χ3v) is 7.18. The van der Waals surface area contributed by atoms with Gasteiger partial charge in [-0.2, -0.15) is 0 Å². The molecule has 2 aliphatic heterocycles. The summed E-state index contributed by atoms with van der Waals surface area (Å²) in [6.45, 7) is 33.0. The SMILES string of the molecule is C=C/C=C1\C2=C(C=C)N(C(/C=C\C)=C/C=C)c3ccc(C(/C=C\C)=C/C=C)cc3N2C(=C/C=C)/C(=C\C=C)C1(C)C. The van der Waals surface area contributed by atoms with Crippen molar-refractivity contribution in [2.24, 2.45) is 5.41 Å². The van der Waals surface area contributed by atoms with E-state index in [0.29, 0.717) is 0 Å². The maximum absolute atomic E-state index is 4.31. The summed E-state index contributed by atoms with van der Waals surface area (Å²) >= 11 is 0. The molecule has 41 heavy (non-hydrogen) atoms. The second-order valence-corrected chi connectivity index (χ2v) is 10.0.